The zero-order chi connectivity index (χ0) is 18.7. The Kier molecular flexibility index (Phi) is 5.18. The molecular formula is C18H17ClN2O5. The molecule has 2 amide bonds. The van der Waals surface area contributed by atoms with Gasteiger partial charge in [0, 0.05) is 23.4 Å². The highest BCUT2D eigenvalue weighted by molar-refractivity contribution is 6.32. The van der Waals surface area contributed by atoms with E-state index in [1.807, 2.05) is 0 Å². The molecule has 1 fully saturated rings. The third-order valence-electron chi connectivity index (χ3n) is 3.92. The molecule has 1 aliphatic heterocycles. The maximum atomic E-state index is 12.5. The van der Waals surface area contributed by atoms with Crippen molar-refractivity contribution in [3.8, 4) is 11.5 Å². The summed E-state index contributed by atoms with van der Waals surface area (Å²) >= 11 is 6.07. The molecule has 0 spiro atoms. The lowest BCUT2D eigenvalue weighted by atomic mass is 10.1. The second-order valence-corrected chi connectivity index (χ2v) is 5.86. The number of ether oxygens (including phenoxy) is 3. The van der Waals surface area contributed by atoms with Gasteiger partial charge >= 0.3 is 6.09 Å². The predicted molar refractivity (Wildman–Crippen MR) is 97.6 cm³/mol. The Bertz CT molecular complexity index is 838. The molecule has 3 rings (SSSR count). The van der Waals surface area contributed by atoms with Crippen LogP contribution < -0.4 is 19.7 Å². The summed E-state index contributed by atoms with van der Waals surface area (Å²) in [5, 5.41) is 3.15. The van der Waals surface area contributed by atoms with Crippen LogP contribution in [0.2, 0.25) is 5.02 Å². The molecule has 0 atom stereocenters. The molecule has 136 valence electrons. The first kappa shape index (κ1) is 17.9. The van der Waals surface area contributed by atoms with Crippen LogP contribution in [-0.2, 0) is 4.74 Å². The van der Waals surface area contributed by atoms with Gasteiger partial charge in [0.25, 0.3) is 5.91 Å². The van der Waals surface area contributed by atoms with E-state index < -0.39 is 0 Å². The maximum Gasteiger partial charge on any atom is 0.414 e. The van der Waals surface area contributed by atoms with Crippen LogP contribution in [0.1, 0.15) is 10.4 Å². The number of nitrogens with one attached hydrogen (secondary N) is 1. The Labute approximate surface area is 155 Å². The number of benzene rings is 2. The highest BCUT2D eigenvalue weighted by Gasteiger charge is 2.23. The fourth-order valence-corrected chi connectivity index (χ4v) is 2.80. The highest BCUT2D eigenvalue weighted by Crippen LogP contribution is 2.36. The van der Waals surface area contributed by atoms with Crippen LogP contribution in [0, 0.1) is 0 Å². The summed E-state index contributed by atoms with van der Waals surface area (Å²) in [6.07, 6.45) is -0.389. The molecule has 0 saturated carbocycles. The van der Waals surface area contributed by atoms with Gasteiger partial charge < -0.3 is 19.5 Å². The van der Waals surface area contributed by atoms with E-state index in [2.05, 4.69) is 5.32 Å². The number of hydrogen-bond acceptors (Lipinski definition) is 5. The zero-order valence-corrected chi connectivity index (χ0v) is 15.0. The summed E-state index contributed by atoms with van der Waals surface area (Å²) in [6, 6.07) is 9.82. The van der Waals surface area contributed by atoms with Crippen molar-refractivity contribution in [3.05, 3.63) is 47.0 Å². The number of cyclic esters (lactones) is 1. The van der Waals surface area contributed by atoms with Crippen molar-refractivity contribution < 1.29 is 23.8 Å². The fraction of sp³-hybridized carbons (Fsp3) is 0.222. The second kappa shape index (κ2) is 7.53. The van der Waals surface area contributed by atoms with Crippen LogP contribution in [0.25, 0.3) is 0 Å². The Morgan fingerprint density at radius 3 is 2.42 bits per heavy atom. The van der Waals surface area contributed by atoms with E-state index >= 15 is 0 Å². The zero-order valence-electron chi connectivity index (χ0n) is 14.2. The van der Waals surface area contributed by atoms with E-state index in [1.165, 1.54) is 19.1 Å². The summed E-state index contributed by atoms with van der Waals surface area (Å²) in [4.78, 5) is 25.6. The number of nitrogens with zero attached hydrogens (tertiary/aromatic N) is 1. The summed E-state index contributed by atoms with van der Waals surface area (Å²) in [7, 11) is 2.97. The molecule has 7 nitrogen and oxygen atoms in total. The smallest absolute Gasteiger partial charge is 0.414 e. The minimum absolute atomic E-state index is 0.330. The Morgan fingerprint density at radius 1 is 1.15 bits per heavy atom. The number of hydrogen-bond donors (Lipinski definition) is 1. The number of amides is 2. The number of carbonyl (C=O) groups is 2. The molecule has 0 bridgehead atoms. The molecule has 1 heterocycles. The van der Waals surface area contributed by atoms with Crippen LogP contribution in [0.3, 0.4) is 0 Å². The monoisotopic (exact) mass is 376 g/mol. The van der Waals surface area contributed by atoms with Crippen molar-refractivity contribution >= 4 is 35.0 Å². The summed E-state index contributed by atoms with van der Waals surface area (Å²) in [6.45, 7) is 0.853. The van der Waals surface area contributed by atoms with Crippen LogP contribution in [-0.4, -0.2) is 39.4 Å². The number of rotatable bonds is 5. The summed E-state index contributed by atoms with van der Waals surface area (Å²) in [5.74, 6) is 0.509. The molecule has 1 aliphatic rings. The van der Waals surface area contributed by atoms with E-state index in [0.29, 0.717) is 46.6 Å². The van der Waals surface area contributed by atoms with E-state index in [-0.39, 0.29) is 12.0 Å². The van der Waals surface area contributed by atoms with Gasteiger partial charge in [0.05, 0.1) is 31.5 Å². The number of halogens is 1. The fourth-order valence-electron chi connectivity index (χ4n) is 2.57. The third-order valence-corrected chi connectivity index (χ3v) is 4.22. The number of carbonyl (C=O) groups excluding carboxylic acids is 2. The molecule has 8 heteroatoms. The Morgan fingerprint density at radius 2 is 1.85 bits per heavy atom. The van der Waals surface area contributed by atoms with Gasteiger partial charge in [-0.05, 0) is 24.3 Å². The molecule has 2 aromatic carbocycles. The molecule has 0 aromatic heterocycles. The minimum atomic E-state index is -0.389. The average Bonchev–Trinajstić information content (AvgIpc) is 3.08. The lowest BCUT2D eigenvalue weighted by molar-refractivity contribution is 0.102. The molecule has 0 radical (unpaired) electrons. The average molecular weight is 377 g/mol. The van der Waals surface area contributed by atoms with E-state index in [4.69, 9.17) is 25.8 Å². The molecule has 1 saturated heterocycles. The molecule has 26 heavy (non-hydrogen) atoms. The van der Waals surface area contributed by atoms with Gasteiger partial charge in [-0.3, -0.25) is 9.69 Å². The van der Waals surface area contributed by atoms with E-state index in [9.17, 15) is 9.59 Å². The van der Waals surface area contributed by atoms with Crippen molar-refractivity contribution in [1.82, 2.24) is 0 Å². The highest BCUT2D eigenvalue weighted by atomic mass is 35.5. The largest absolute Gasteiger partial charge is 0.495 e. The van der Waals surface area contributed by atoms with Gasteiger partial charge in [-0.25, -0.2) is 4.79 Å². The summed E-state index contributed by atoms with van der Waals surface area (Å²) < 4.78 is 15.3. The molecule has 0 aliphatic carbocycles. The topological polar surface area (TPSA) is 77.1 Å². The van der Waals surface area contributed by atoms with Gasteiger partial charge in [-0.2, -0.15) is 0 Å². The van der Waals surface area contributed by atoms with Gasteiger partial charge in [0.15, 0.2) is 0 Å². The first-order valence-electron chi connectivity index (χ1n) is 7.80. The van der Waals surface area contributed by atoms with E-state index in [0.717, 1.165) is 0 Å². The molecule has 2 aromatic rings. The van der Waals surface area contributed by atoms with Crippen LogP contribution in [0.15, 0.2) is 36.4 Å². The standard InChI is InChI=1S/C18H17ClN2O5/c1-24-15-10-14(16(25-2)9-13(15)19)20-17(22)11-3-5-12(6-4-11)21-7-8-26-18(21)23/h3-6,9-10H,7-8H2,1-2H3,(H,20,22). The molecule has 0 unspecified atom stereocenters. The Hall–Kier alpha value is -2.93. The van der Waals surface area contributed by atoms with Gasteiger partial charge in [-0.15, -0.1) is 0 Å². The van der Waals surface area contributed by atoms with Gasteiger partial charge in [0.1, 0.15) is 18.1 Å². The first-order chi connectivity index (χ1) is 12.5. The maximum absolute atomic E-state index is 12.5. The number of methoxy groups -OCH3 is 2. The van der Waals surface area contributed by atoms with Crippen LogP contribution in [0.4, 0.5) is 16.2 Å². The normalized spacial score (nSPS) is 13.3. The quantitative estimate of drug-likeness (QED) is 0.863. The first-order valence-corrected chi connectivity index (χ1v) is 8.18. The Balaban J connectivity index is 1.79. The lowest BCUT2D eigenvalue weighted by Gasteiger charge is -2.14. The van der Waals surface area contributed by atoms with Crippen molar-refractivity contribution in [2.24, 2.45) is 0 Å². The lowest BCUT2D eigenvalue weighted by Crippen LogP contribution is -2.23. The third kappa shape index (κ3) is 3.52. The molecule has 1 N–H and O–H groups in total. The summed E-state index contributed by atoms with van der Waals surface area (Å²) in [5.41, 5.74) is 1.54. The minimum Gasteiger partial charge on any atom is -0.495 e. The van der Waals surface area contributed by atoms with Crippen LogP contribution >= 0.6 is 11.6 Å². The van der Waals surface area contributed by atoms with Crippen LogP contribution in [0.5, 0.6) is 11.5 Å². The predicted octanol–water partition coefficient (Wildman–Crippen LogP) is 3.57. The van der Waals surface area contributed by atoms with Crippen molar-refractivity contribution in [3.63, 3.8) is 0 Å². The molecular weight excluding hydrogens is 360 g/mol. The van der Waals surface area contributed by atoms with E-state index in [1.54, 1.807) is 36.4 Å². The van der Waals surface area contributed by atoms with Crippen molar-refractivity contribution in [2.45, 2.75) is 0 Å². The van der Waals surface area contributed by atoms with Crippen molar-refractivity contribution in [2.75, 3.05) is 37.6 Å². The number of anilines is 2. The SMILES string of the molecule is COc1cc(NC(=O)c2ccc(N3CCOC3=O)cc2)c(OC)cc1Cl. The van der Waals surface area contributed by atoms with Crippen molar-refractivity contribution in [1.29, 1.82) is 0 Å². The second-order valence-electron chi connectivity index (χ2n) is 5.45. The van der Waals surface area contributed by atoms with Gasteiger partial charge in [-0.1, -0.05) is 11.6 Å². The van der Waals surface area contributed by atoms with Gasteiger partial charge in [0.2, 0.25) is 0 Å².